The third-order valence-corrected chi connectivity index (χ3v) is 4.58. The lowest BCUT2D eigenvalue weighted by molar-refractivity contribution is 0.388. The predicted molar refractivity (Wildman–Crippen MR) is 73.7 cm³/mol. The van der Waals surface area contributed by atoms with E-state index in [0.29, 0.717) is 17.8 Å². The lowest BCUT2D eigenvalue weighted by atomic mass is 9.87. The van der Waals surface area contributed by atoms with Crippen LogP contribution in [-0.4, -0.2) is 11.1 Å². The predicted octanol–water partition coefficient (Wildman–Crippen LogP) is 3.55. The molecule has 0 radical (unpaired) electrons. The molecular weight excluding hydrogens is 222 g/mol. The van der Waals surface area contributed by atoms with Crippen LogP contribution in [0.5, 0.6) is 5.75 Å². The monoisotopic (exact) mass is 245 g/mol. The van der Waals surface area contributed by atoms with E-state index in [1.807, 2.05) is 12.1 Å². The van der Waals surface area contributed by atoms with E-state index in [0.717, 1.165) is 12.3 Å². The largest absolute Gasteiger partial charge is 0.508 e. The lowest BCUT2D eigenvalue weighted by Gasteiger charge is -2.29. The summed E-state index contributed by atoms with van der Waals surface area (Å²) in [6.07, 6.45) is 7.61. The molecule has 0 aromatic heterocycles. The SMILES string of the molecule is CC1CCC(NC2CCCc3ccc(O)cc32)C1. The molecule has 0 bridgehead atoms. The van der Waals surface area contributed by atoms with Crippen molar-refractivity contribution >= 4 is 0 Å². The van der Waals surface area contributed by atoms with Crippen molar-refractivity contribution in [2.24, 2.45) is 5.92 Å². The Kier molecular flexibility index (Phi) is 3.29. The number of hydrogen-bond acceptors (Lipinski definition) is 2. The van der Waals surface area contributed by atoms with Crippen LogP contribution in [0, 0.1) is 5.92 Å². The van der Waals surface area contributed by atoms with Gasteiger partial charge in [0.2, 0.25) is 0 Å². The van der Waals surface area contributed by atoms with E-state index < -0.39 is 0 Å². The molecule has 1 aromatic rings. The summed E-state index contributed by atoms with van der Waals surface area (Å²) in [5.74, 6) is 1.27. The fraction of sp³-hybridized carbons (Fsp3) is 0.625. The average molecular weight is 245 g/mol. The van der Waals surface area contributed by atoms with Gasteiger partial charge in [0.15, 0.2) is 0 Å². The van der Waals surface area contributed by atoms with Gasteiger partial charge in [0.1, 0.15) is 5.75 Å². The lowest BCUT2D eigenvalue weighted by Crippen LogP contribution is -2.33. The highest BCUT2D eigenvalue weighted by Crippen LogP contribution is 2.34. The minimum Gasteiger partial charge on any atom is -0.508 e. The van der Waals surface area contributed by atoms with E-state index in [4.69, 9.17) is 0 Å². The maximum absolute atomic E-state index is 9.68. The zero-order valence-electron chi connectivity index (χ0n) is 11.2. The minimum absolute atomic E-state index is 0.405. The number of phenolic OH excluding ortho intramolecular Hbond substituents is 1. The second-order valence-electron chi connectivity index (χ2n) is 6.11. The molecule has 0 saturated heterocycles. The first-order valence-corrected chi connectivity index (χ1v) is 7.30. The fourth-order valence-electron chi connectivity index (χ4n) is 3.60. The van der Waals surface area contributed by atoms with Crippen molar-refractivity contribution in [3.8, 4) is 5.75 Å². The minimum atomic E-state index is 0.405. The normalized spacial score (nSPS) is 31.3. The number of fused-ring (bicyclic) bond motifs is 1. The average Bonchev–Trinajstić information content (AvgIpc) is 2.76. The van der Waals surface area contributed by atoms with Gasteiger partial charge in [0.05, 0.1) is 0 Å². The van der Waals surface area contributed by atoms with Crippen LogP contribution in [0.4, 0.5) is 0 Å². The molecule has 0 heterocycles. The quantitative estimate of drug-likeness (QED) is 0.835. The Hall–Kier alpha value is -1.02. The molecule has 2 aliphatic carbocycles. The van der Waals surface area contributed by atoms with E-state index in [2.05, 4.69) is 18.3 Å². The molecule has 3 rings (SSSR count). The Labute approximate surface area is 109 Å². The number of hydrogen-bond donors (Lipinski definition) is 2. The summed E-state index contributed by atoms with van der Waals surface area (Å²) < 4.78 is 0. The van der Waals surface area contributed by atoms with Crippen LogP contribution in [0.1, 0.15) is 56.2 Å². The summed E-state index contributed by atoms with van der Waals surface area (Å²) in [5, 5.41) is 13.5. The molecule has 3 unspecified atom stereocenters. The fourth-order valence-corrected chi connectivity index (χ4v) is 3.60. The summed E-state index contributed by atoms with van der Waals surface area (Å²) in [6.45, 7) is 2.35. The number of nitrogens with one attached hydrogen (secondary N) is 1. The molecular formula is C16H23NO. The van der Waals surface area contributed by atoms with E-state index in [1.165, 1.54) is 43.2 Å². The van der Waals surface area contributed by atoms with Gasteiger partial charge in [-0.15, -0.1) is 0 Å². The number of rotatable bonds is 2. The van der Waals surface area contributed by atoms with Gasteiger partial charge < -0.3 is 10.4 Å². The van der Waals surface area contributed by atoms with Crippen LogP contribution >= 0.6 is 0 Å². The van der Waals surface area contributed by atoms with Gasteiger partial charge >= 0.3 is 0 Å². The molecule has 1 saturated carbocycles. The van der Waals surface area contributed by atoms with E-state index in [9.17, 15) is 5.11 Å². The van der Waals surface area contributed by atoms with Gasteiger partial charge in [-0.25, -0.2) is 0 Å². The molecule has 18 heavy (non-hydrogen) atoms. The third kappa shape index (κ3) is 2.39. The van der Waals surface area contributed by atoms with Crippen molar-refractivity contribution in [3.63, 3.8) is 0 Å². The molecule has 3 atom stereocenters. The maximum atomic E-state index is 9.68. The zero-order chi connectivity index (χ0) is 12.5. The molecule has 1 aromatic carbocycles. The van der Waals surface area contributed by atoms with Crippen LogP contribution in [0.3, 0.4) is 0 Å². The number of benzene rings is 1. The number of aryl methyl sites for hydroxylation is 1. The molecule has 0 aliphatic heterocycles. The van der Waals surface area contributed by atoms with Crippen molar-refractivity contribution in [1.82, 2.24) is 5.32 Å². The van der Waals surface area contributed by atoms with Crippen molar-refractivity contribution in [2.45, 2.75) is 57.5 Å². The Morgan fingerprint density at radius 3 is 2.89 bits per heavy atom. The highest BCUT2D eigenvalue weighted by molar-refractivity contribution is 5.38. The molecule has 1 fully saturated rings. The summed E-state index contributed by atoms with van der Waals surface area (Å²) in [7, 11) is 0. The molecule has 2 heteroatoms. The molecule has 0 spiro atoms. The van der Waals surface area contributed by atoms with Gasteiger partial charge in [-0.2, -0.15) is 0 Å². The first kappa shape index (κ1) is 12.0. The summed E-state index contributed by atoms with van der Waals surface area (Å²) in [5.41, 5.74) is 2.75. The van der Waals surface area contributed by atoms with E-state index in [1.54, 1.807) is 0 Å². The highest BCUT2D eigenvalue weighted by Gasteiger charge is 2.27. The first-order chi connectivity index (χ1) is 8.72. The van der Waals surface area contributed by atoms with Gasteiger partial charge in [-0.3, -0.25) is 0 Å². The standard InChI is InChI=1S/C16H23NO/c1-11-5-7-13(9-11)17-16-4-2-3-12-6-8-14(18)10-15(12)16/h6,8,10-11,13,16-18H,2-5,7,9H2,1H3. The van der Waals surface area contributed by atoms with Crippen LogP contribution in [0.15, 0.2) is 18.2 Å². The Morgan fingerprint density at radius 1 is 1.22 bits per heavy atom. The van der Waals surface area contributed by atoms with Gasteiger partial charge in [0, 0.05) is 12.1 Å². The third-order valence-electron chi connectivity index (χ3n) is 4.58. The van der Waals surface area contributed by atoms with Crippen molar-refractivity contribution in [1.29, 1.82) is 0 Å². The second kappa shape index (κ2) is 4.93. The molecule has 98 valence electrons. The zero-order valence-corrected chi connectivity index (χ0v) is 11.2. The molecule has 2 aliphatic rings. The van der Waals surface area contributed by atoms with Crippen LogP contribution in [0.25, 0.3) is 0 Å². The summed E-state index contributed by atoms with van der Waals surface area (Å²) in [4.78, 5) is 0. The Balaban J connectivity index is 1.76. The molecule has 2 N–H and O–H groups in total. The smallest absolute Gasteiger partial charge is 0.115 e. The van der Waals surface area contributed by atoms with Crippen LogP contribution in [-0.2, 0) is 6.42 Å². The summed E-state index contributed by atoms with van der Waals surface area (Å²) in [6, 6.07) is 7.01. The van der Waals surface area contributed by atoms with Crippen LogP contribution in [0.2, 0.25) is 0 Å². The first-order valence-electron chi connectivity index (χ1n) is 7.30. The molecule has 2 nitrogen and oxygen atoms in total. The van der Waals surface area contributed by atoms with Crippen molar-refractivity contribution in [3.05, 3.63) is 29.3 Å². The van der Waals surface area contributed by atoms with Crippen molar-refractivity contribution in [2.75, 3.05) is 0 Å². The van der Waals surface area contributed by atoms with Gasteiger partial charge in [-0.1, -0.05) is 13.0 Å². The molecule has 0 amide bonds. The van der Waals surface area contributed by atoms with Gasteiger partial charge in [-0.05, 0) is 67.7 Å². The topological polar surface area (TPSA) is 32.3 Å². The number of aromatic hydroxyl groups is 1. The van der Waals surface area contributed by atoms with Crippen molar-refractivity contribution < 1.29 is 5.11 Å². The second-order valence-corrected chi connectivity index (χ2v) is 6.11. The Bertz CT molecular complexity index is 429. The van der Waals surface area contributed by atoms with Crippen LogP contribution < -0.4 is 5.32 Å². The van der Waals surface area contributed by atoms with E-state index in [-0.39, 0.29) is 0 Å². The maximum Gasteiger partial charge on any atom is 0.115 e. The van der Waals surface area contributed by atoms with Gasteiger partial charge in [0.25, 0.3) is 0 Å². The Morgan fingerprint density at radius 2 is 2.11 bits per heavy atom. The number of phenols is 1. The summed E-state index contributed by atoms with van der Waals surface area (Å²) >= 11 is 0. The van der Waals surface area contributed by atoms with E-state index >= 15 is 0 Å². The highest BCUT2D eigenvalue weighted by atomic mass is 16.3.